The zero-order chi connectivity index (χ0) is 14.2. The summed E-state index contributed by atoms with van der Waals surface area (Å²) in [7, 11) is 1.51. The normalized spacial score (nSPS) is 11.6. The number of benzene rings is 1. The first-order valence-electron chi connectivity index (χ1n) is 5.94. The van der Waals surface area contributed by atoms with E-state index < -0.39 is 5.67 Å². The highest BCUT2D eigenvalue weighted by Gasteiger charge is 2.27. The molecular weight excluding hydrogens is 247 g/mol. The molecule has 0 saturated carbocycles. The van der Waals surface area contributed by atoms with Crippen molar-refractivity contribution in [1.82, 2.24) is 5.16 Å². The largest absolute Gasteiger partial charge is 0.496 e. The molecule has 0 atom stereocenters. The van der Waals surface area contributed by atoms with Crippen LogP contribution in [0.3, 0.4) is 0 Å². The molecule has 19 heavy (non-hydrogen) atoms. The monoisotopic (exact) mass is 264 g/mol. The molecule has 0 aliphatic heterocycles. The summed E-state index contributed by atoms with van der Waals surface area (Å²) in [6.45, 7) is 4.86. The molecule has 0 amide bonds. The Hall–Kier alpha value is -2.04. The van der Waals surface area contributed by atoms with E-state index in [0.29, 0.717) is 22.6 Å². The third kappa shape index (κ3) is 2.41. The molecular formula is C14H17FN2O2. The van der Waals surface area contributed by atoms with Gasteiger partial charge >= 0.3 is 0 Å². The number of hydrogen-bond donors (Lipinski definition) is 1. The van der Waals surface area contributed by atoms with Gasteiger partial charge in [-0.25, -0.2) is 4.39 Å². The van der Waals surface area contributed by atoms with Crippen molar-refractivity contribution in [1.29, 1.82) is 0 Å². The number of methoxy groups -OCH3 is 1. The lowest BCUT2D eigenvalue weighted by atomic mass is 9.93. The van der Waals surface area contributed by atoms with Crippen LogP contribution < -0.4 is 10.5 Å². The number of aromatic nitrogens is 1. The Morgan fingerprint density at radius 3 is 2.53 bits per heavy atom. The molecule has 0 aliphatic carbocycles. The predicted octanol–water partition coefficient (Wildman–Crippen LogP) is 3.45. The Morgan fingerprint density at radius 2 is 2.05 bits per heavy atom. The summed E-state index contributed by atoms with van der Waals surface area (Å²) >= 11 is 0. The molecule has 0 bridgehead atoms. The number of hydrogen-bond acceptors (Lipinski definition) is 4. The molecule has 5 heteroatoms. The van der Waals surface area contributed by atoms with E-state index in [1.54, 1.807) is 12.1 Å². The summed E-state index contributed by atoms with van der Waals surface area (Å²) in [5, 5.41) is 3.65. The molecule has 0 radical (unpaired) electrons. The molecule has 0 fully saturated rings. The van der Waals surface area contributed by atoms with Crippen LogP contribution in [-0.4, -0.2) is 12.3 Å². The van der Waals surface area contributed by atoms with Crippen LogP contribution in [0.2, 0.25) is 0 Å². The average molecular weight is 264 g/mol. The fraction of sp³-hybridized carbons (Fsp3) is 0.357. The summed E-state index contributed by atoms with van der Waals surface area (Å²) in [5.41, 5.74) is 6.09. The highest BCUT2D eigenvalue weighted by Crippen LogP contribution is 2.42. The molecule has 0 aliphatic rings. The molecule has 2 N–H and O–H groups in total. The van der Waals surface area contributed by atoms with Crippen LogP contribution in [0, 0.1) is 6.92 Å². The van der Waals surface area contributed by atoms with Crippen LogP contribution >= 0.6 is 0 Å². The summed E-state index contributed by atoms with van der Waals surface area (Å²) in [5.74, 6) is 1.20. The molecule has 4 nitrogen and oxygen atoms in total. The number of nitrogens with zero attached hydrogens (tertiary/aromatic N) is 1. The van der Waals surface area contributed by atoms with E-state index in [2.05, 4.69) is 5.16 Å². The Balaban J connectivity index is 2.72. The Labute approximate surface area is 111 Å². The van der Waals surface area contributed by atoms with E-state index in [-0.39, 0.29) is 5.82 Å². The van der Waals surface area contributed by atoms with Gasteiger partial charge in [-0.15, -0.1) is 0 Å². The lowest BCUT2D eigenvalue weighted by molar-refractivity contribution is 0.213. The minimum Gasteiger partial charge on any atom is -0.496 e. The van der Waals surface area contributed by atoms with Crippen molar-refractivity contribution in [2.75, 3.05) is 12.8 Å². The number of alkyl halides is 1. The van der Waals surface area contributed by atoms with Gasteiger partial charge in [-0.3, -0.25) is 0 Å². The highest BCUT2D eigenvalue weighted by atomic mass is 19.1. The summed E-state index contributed by atoms with van der Waals surface area (Å²) in [6, 6.07) is 5.14. The van der Waals surface area contributed by atoms with Crippen LogP contribution in [0.15, 0.2) is 22.7 Å². The Morgan fingerprint density at radius 1 is 1.37 bits per heavy atom. The van der Waals surface area contributed by atoms with Gasteiger partial charge in [0.15, 0.2) is 11.6 Å². The fourth-order valence-electron chi connectivity index (χ4n) is 2.07. The first-order valence-corrected chi connectivity index (χ1v) is 5.94. The summed E-state index contributed by atoms with van der Waals surface area (Å²) in [6.07, 6.45) is 0. The molecule has 2 rings (SSSR count). The number of nitrogen functional groups attached to an aromatic ring is 1. The third-order valence-corrected chi connectivity index (χ3v) is 2.99. The van der Waals surface area contributed by atoms with Gasteiger partial charge in [-0.1, -0.05) is 17.3 Å². The standard InChI is InChI=1S/C14H17FN2O2/c1-8-5-6-9(14(2,3)15)13(18-4)12(8)10-7-11(16)17-19-10/h5-7H,1-4H3,(H2,16,17). The maximum atomic E-state index is 14.3. The zero-order valence-electron chi connectivity index (χ0n) is 11.5. The van der Waals surface area contributed by atoms with Crippen molar-refractivity contribution in [3.8, 4) is 17.1 Å². The van der Waals surface area contributed by atoms with Gasteiger partial charge < -0.3 is 15.0 Å². The predicted molar refractivity (Wildman–Crippen MR) is 71.8 cm³/mol. The van der Waals surface area contributed by atoms with Crippen LogP contribution in [0.1, 0.15) is 25.0 Å². The van der Waals surface area contributed by atoms with Gasteiger partial charge in [0.2, 0.25) is 0 Å². The van der Waals surface area contributed by atoms with Gasteiger partial charge in [0.05, 0.1) is 12.7 Å². The van der Waals surface area contributed by atoms with E-state index in [4.69, 9.17) is 15.0 Å². The van der Waals surface area contributed by atoms with Crippen molar-refractivity contribution in [3.05, 3.63) is 29.3 Å². The van der Waals surface area contributed by atoms with E-state index >= 15 is 0 Å². The first-order chi connectivity index (χ1) is 8.84. The van der Waals surface area contributed by atoms with Crippen molar-refractivity contribution in [2.45, 2.75) is 26.4 Å². The fourth-order valence-corrected chi connectivity index (χ4v) is 2.07. The molecule has 0 spiro atoms. The number of anilines is 1. The van der Waals surface area contributed by atoms with E-state index in [1.165, 1.54) is 21.0 Å². The highest BCUT2D eigenvalue weighted by molar-refractivity contribution is 5.73. The van der Waals surface area contributed by atoms with Gasteiger partial charge in [-0.05, 0) is 26.3 Å². The van der Waals surface area contributed by atoms with Crippen LogP contribution in [0.5, 0.6) is 5.75 Å². The quantitative estimate of drug-likeness (QED) is 0.922. The van der Waals surface area contributed by atoms with Gasteiger partial charge in [-0.2, -0.15) is 0 Å². The molecule has 0 saturated heterocycles. The second kappa shape index (κ2) is 4.57. The van der Waals surface area contributed by atoms with Crippen molar-refractivity contribution in [2.24, 2.45) is 0 Å². The van der Waals surface area contributed by atoms with E-state index in [1.807, 2.05) is 13.0 Å². The van der Waals surface area contributed by atoms with Crippen molar-refractivity contribution in [3.63, 3.8) is 0 Å². The second-order valence-electron chi connectivity index (χ2n) is 4.93. The molecule has 1 aromatic carbocycles. The number of nitrogens with two attached hydrogens (primary N) is 1. The minimum atomic E-state index is -1.51. The summed E-state index contributed by atoms with van der Waals surface area (Å²) in [4.78, 5) is 0. The van der Waals surface area contributed by atoms with Gasteiger partial charge in [0.25, 0.3) is 0 Å². The van der Waals surface area contributed by atoms with Crippen LogP contribution in [0.25, 0.3) is 11.3 Å². The summed E-state index contributed by atoms with van der Waals surface area (Å²) < 4.78 is 24.8. The molecule has 2 aromatic rings. The van der Waals surface area contributed by atoms with Crippen molar-refractivity contribution < 1.29 is 13.7 Å². The lowest BCUT2D eigenvalue weighted by Crippen LogP contribution is -2.12. The van der Waals surface area contributed by atoms with E-state index in [9.17, 15) is 4.39 Å². The number of halogens is 1. The molecule has 1 aromatic heterocycles. The van der Waals surface area contributed by atoms with Gasteiger partial charge in [0.1, 0.15) is 11.4 Å². The van der Waals surface area contributed by atoms with Crippen LogP contribution in [0.4, 0.5) is 10.2 Å². The first kappa shape index (κ1) is 13.4. The average Bonchev–Trinajstić information content (AvgIpc) is 2.73. The Kier molecular flexibility index (Phi) is 3.22. The topological polar surface area (TPSA) is 61.3 Å². The molecule has 102 valence electrons. The smallest absolute Gasteiger partial charge is 0.173 e. The lowest BCUT2D eigenvalue weighted by Gasteiger charge is -2.21. The van der Waals surface area contributed by atoms with Crippen molar-refractivity contribution >= 4 is 5.82 Å². The minimum absolute atomic E-state index is 0.279. The van der Waals surface area contributed by atoms with E-state index in [0.717, 1.165) is 5.56 Å². The second-order valence-corrected chi connectivity index (χ2v) is 4.93. The number of rotatable bonds is 3. The molecule has 1 heterocycles. The van der Waals surface area contributed by atoms with Crippen LogP contribution in [-0.2, 0) is 5.67 Å². The maximum absolute atomic E-state index is 14.3. The Bertz CT molecular complexity index is 600. The molecule has 0 unspecified atom stereocenters. The maximum Gasteiger partial charge on any atom is 0.173 e. The number of ether oxygens (including phenoxy) is 1. The number of aryl methyl sites for hydroxylation is 1. The zero-order valence-corrected chi connectivity index (χ0v) is 11.5. The third-order valence-electron chi connectivity index (χ3n) is 2.99. The van der Waals surface area contributed by atoms with Gasteiger partial charge in [0, 0.05) is 11.6 Å². The SMILES string of the molecule is COc1c(C(C)(C)F)ccc(C)c1-c1cc(N)no1.